The van der Waals surface area contributed by atoms with E-state index in [2.05, 4.69) is 57.2 Å². The molecule has 2 heterocycles. The molecule has 24 heavy (non-hydrogen) atoms. The number of hydrogen-bond acceptors (Lipinski definition) is 4. The number of nitrogens with zero attached hydrogens (tertiary/aromatic N) is 3. The highest BCUT2D eigenvalue weighted by atomic mass is 16.5. The van der Waals surface area contributed by atoms with Gasteiger partial charge in [-0.25, -0.2) is 4.98 Å². The molecule has 1 saturated heterocycles. The second-order valence-corrected chi connectivity index (χ2v) is 6.04. The Morgan fingerprint density at radius 2 is 1.50 bits per heavy atom. The Morgan fingerprint density at radius 3 is 2.29 bits per heavy atom. The normalized spacial score (nSPS) is 14.9. The van der Waals surface area contributed by atoms with Crippen molar-refractivity contribution in [2.75, 3.05) is 43.1 Å². The number of benzene rings is 2. The summed E-state index contributed by atoms with van der Waals surface area (Å²) < 4.78 is 5.49. The highest BCUT2D eigenvalue weighted by Crippen LogP contribution is 2.29. The highest BCUT2D eigenvalue weighted by molar-refractivity contribution is 5.84. The molecule has 122 valence electrons. The standard InChI is InChI=1S/C20H21N3O/c1-24-19-9-5-4-8-18(19)22-10-12-23(13-11-22)20-14-16-6-2-3-7-17(16)15-21-20/h2-9,14-15H,10-13H2,1H3. The molecule has 0 saturated carbocycles. The first-order chi connectivity index (χ1) is 11.8. The van der Waals surface area contributed by atoms with Gasteiger partial charge in [-0.3, -0.25) is 0 Å². The second-order valence-electron chi connectivity index (χ2n) is 6.04. The summed E-state index contributed by atoms with van der Waals surface area (Å²) >= 11 is 0. The average Bonchev–Trinajstić information content (AvgIpc) is 2.67. The fraction of sp³-hybridized carbons (Fsp3) is 0.250. The van der Waals surface area contributed by atoms with E-state index in [9.17, 15) is 0 Å². The first-order valence-electron chi connectivity index (χ1n) is 8.33. The molecule has 4 nitrogen and oxygen atoms in total. The monoisotopic (exact) mass is 319 g/mol. The van der Waals surface area contributed by atoms with E-state index in [1.165, 1.54) is 16.5 Å². The number of para-hydroxylation sites is 2. The lowest BCUT2D eigenvalue weighted by atomic mass is 10.1. The van der Waals surface area contributed by atoms with Crippen molar-refractivity contribution >= 4 is 22.3 Å². The van der Waals surface area contributed by atoms with E-state index in [4.69, 9.17) is 4.74 Å². The number of ether oxygens (including phenoxy) is 1. The van der Waals surface area contributed by atoms with E-state index < -0.39 is 0 Å². The second kappa shape index (κ2) is 6.40. The summed E-state index contributed by atoms with van der Waals surface area (Å²) in [4.78, 5) is 9.39. The third kappa shape index (κ3) is 2.75. The number of rotatable bonds is 3. The Kier molecular flexibility index (Phi) is 3.95. The Bertz CT molecular complexity index is 841. The number of fused-ring (bicyclic) bond motifs is 1. The highest BCUT2D eigenvalue weighted by Gasteiger charge is 2.20. The van der Waals surface area contributed by atoms with Crippen LogP contribution in [0.5, 0.6) is 5.75 Å². The van der Waals surface area contributed by atoms with Gasteiger partial charge in [0.2, 0.25) is 0 Å². The fourth-order valence-corrected chi connectivity index (χ4v) is 3.31. The van der Waals surface area contributed by atoms with E-state index in [1.54, 1.807) is 7.11 Å². The minimum Gasteiger partial charge on any atom is -0.495 e. The number of anilines is 2. The van der Waals surface area contributed by atoms with Crippen LogP contribution in [0.4, 0.5) is 11.5 Å². The molecule has 0 amide bonds. The van der Waals surface area contributed by atoms with Crippen molar-refractivity contribution in [3.05, 3.63) is 60.8 Å². The van der Waals surface area contributed by atoms with Crippen LogP contribution >= 0.6 is 0 Å². The fourth-order valence-electron chi connectivity index (χ4n) is 3.31. The van der Waals surface area contributed by atoms with Crippen molar-refractivity contribution in [2.45, 2.75) is 0 Å². The van der Waals surface area contributed by atoms with Crippen LogP contribution in [0.1, 0.15) is 0 Å². The van der Waals surface area contributed by atoms with E-state index in [1.807, 2.05) is 18.3 Å². The average molecular weight is 319 g/mol. The first-order valence-corrected chi connectivity index (χ1v) is 8.33. The van der Waals surface area contributed by atoms with Gasteiger partial charge < -0.3 is 14.5 Å². The van der Waals surface area contributed by atoms with Crippen molar-refractivity contribution in [2.24, 2.45) is 0 Å². The smallest absolute Gasteiger partial charge is 0.142 e. The lowest BCUT2D eigenvalue weighted by molar-refractivity contribution is 0.413. The molecule has 1 aliphatic heterocycles. The SMILES string of the molecule is COc1ccccc1N1CCN(c2cc3ccccc3cn2)CC1. The van der Waals surface area contributed by atoms with Crippen LogP contribution in [-0.4, -0.2) is 38.3 Å². The van der Waals surface area contributed by atoms with Gasteiger partial charge in [0.25, 0.3) is 0 Å². The zero-order valence-corrected chi connectivity index (χ0v) is 13.9. The Hall–Kier alpha value is -2.75. The molecule has 0 unspecified atom stereocenters. The van der Waals surface area contributed by atoms with E-state index >= 15 is 0 Å². The van der Waals surface area contributed by atoms with Crippen LogP contribution in [0.3, 0.4) is 0 Å². The zero-order valence-electron chi connectivity index (χ0n) is 13.9. The quantitative estimate of drug-likeness (QED) is 0.738. The van der Waals surface area contributed by atoms with Gasteiger partial charge in [-0.15, -0.1) is 0 Å². The van der Waals surface area contributed by atoms with Gasteiger partial charge in [-0.1, -0.05) is 36.4 Å². The Labute approximate surface area is 142 Å². The molecule has 0 atom stereocenters. The molecule has 2 aromatic carbocycles. The maximum atomic E-state index is 5.49. The van der Waals surface area contributed by atoms with Crippen molar-refractivity contribution in [1.82, 2.24) is 4.98 Å². The number of pyridine rings is 1. The van der Waals surface area contributed by atoms with Crippen molar-refractivity contribution in [3.8, 4) is 5.75 Å². The van der Waals surface area contributed by atoms with Crippen LogP contribution in [0.2, 0.25) is 0 Å². The molecular formula is C20H21N3O. The summed E-state index contributed by atoms with van der Waals surface area (Å²) in [7, 11) is 1.73. The van der Waals surface area contributed by atoms with Crippen molar-refractivity contribution in [1.29, 1.82) is 0 Å². The predicted molar refractivity (Wildman–Crippen MR) is 99.2 cm³/mol. The van der Waals surface area contributed by atoms with Gasteiger partial charge in [-0.05, 0) is 23.6 Å². The topological polar surface area (TPSA) is 28.6 Å². The van der Waals surface area contributed by atoms with E-state index in [0.29, 0.717) is 0 Å². The Balaban J connectivity index is 1.51. The van der Waals surface area contributed by atoms with Gasteiger partial charge in [0, 0.05) is 37.8 Å². The molecule has 0 bridgehead atoms. The molecule has 0 spiro atoms. The molecule has 4 heteroatoms. The number of piperazine rings is 1. The molecule has 4 rings (SSSR count). The van der Waals surface area contributed by atoms with E-state index in [0.717, 1.165) is 37.7 Å². The van der Waals surface area contributed by atoms with Crippen molar-refractivity contribution < 1.29 is 4.74 Å². The zero-order chi connectivity index (χ0) is 16.4. The molecule has 1 aromatic heterocycles. The molecule has 0 aliphatic carbocycles. The number of methoxy groups -OCH3 is 1. The largest absolute Gasteiger partial charge is 0.495 e. The molecular weight excluding hydrogens is 298 g/mol. The molecule has 1 aliphatic rings. The van der Waals surface area contributed by atoms with Gasteiger partial charge in [0.1, 0.15) is 11.6 Å². The Morgan fingerprint density at radius 1 is 0.833 bits per heavy atom. The van der Waals surface area contributed by atoms with Crippen LogP contribution in [0.25, 0.3) is 10.8 Å². The van der Waals surface area contributed by atoms with Crippen LogP contribution in [0, 0.1) is 0 Å². The lowest BCUT2D eigenvalue weighted by Gasteiger charge is -2.37. The summed E-state index contributed by atoms with van der Waals surface area (Å²) in [6.07, 6.45) is 1.97. The van der Waals surface area contributed by atoms with Crippen LogP contribution < -0.4 is 14.5 Å². The van der Waals surface area contributed by atoms with Crippen LogP contribution in [-0.2, 0) is 0 Å². The number of aromatic nitrogens is 1. The lowest BCUT2D eigenvalue weighted by Crippen LogP contribution is -2.46. The summed E-state index contributed by atoms with van der Waals surface area (Å²) in [6.45, 7) is 3.86. The maximum Gasteiger partial charge on any atom is 0.142 e. The third-order valence-electron chi connectivity index (χ3n) is 4.65. The summed E-state index contributed by atoms with van der Waals surface area (Å²) in [6, 6.07) is 18.8. The van der Waals surface area contributed by atoms with E-state index in [-0.39, 0.29) is 0 Å². The first kappa shape index (κ1) is 14.8. The maximum absolute atomic E-state index is 5.49. The summed E-state index contributed by atoms with van der Waals surface area (Å²) in [5.74, 6) is 2.00. The van der Waals surface area contributed by atoms with Gasteiger partial charge in [-0.2, -0.15) is 0 Å². The van der Waals surface area contributed by atoms with Gasteiger partial charge >= 0.3 is 0 Å². The summed E-state index contributed by atoms with van der Waals surface area (Å²) in [5.41, 5.74) is 1.17. The molecule has 0 radical (unpaired) electrons. The van der Waals surface area contributed by atoms with Gasteiger partial charge in [0.15, 0.2) is 0 Å². The number of hydrogen-bond donors (Lipinski definition) is 0. The molecule has 1 fully saturated rings. The summed E-state index contributed by atoms with van der Waals surface area (Å²) in [5, 5.41) is 2.43. The van der Waals surface area contributed by atoms with Gasteiger partial charge in [0.05, 0.1) is 12.8 Å². The minimum atomic E-state index is 0.940. The van der Waals surface area contributed by atoms with Crippen LogP contribution in [0.15, 0.2) is 60.8 Å². The minimum absolute atomic E-state index is 0.940. The van der Waals surface area contributed by atoms with Crippen molar-refractivity contribution in [3.63, 3.8) is 0 Å². The molecule has 0 N–H and O–H groups in total. The molecule has 3 aromatic rings. The third-order valence-corrected chi connectivity index (χ3v) is 4.65. The predicted octanol–water partition coefficient (Wildman–Crippen LogP) is 3.57.